The molecule has 2 aliphatic carbocycles. The van der Waals surface area contributed by atoms with Crippen LogP contribution in [0.5, 0.6) is 0 Å². The second-order valence-electron chi connectivity index (χ2n) is 6.46. The molecule has 2 N–H and O–H groups in total. The fourth-order valence-electron chi connectivity index (χ4n) is 3.24. The Morgan fingerprint density at radius 3 is 2.63 bits per heavy atom. The zero-order valence-electron chi connectivity index (χ0n) is 12.2. The lowest BCUT2D eigenvalue weighted by Crippen LogP contribution is -2.54. The molecule has 2 aliphatic rings. The first-order chi connectivity index (χ1) is 9.06. The van der Waals surface area contributed by atoms with Crippen molar-refractivity contribution in [1.82, 2.24) is 0 Å². The van der Waals surface area contributed by atoms with Crippen LogP contribution in [0.15, 0.2) is 0 Å². The molecule has 4 heteroatoms. The van der Waals surface area contributed by atoms with E-state index in [1.54, 1.807) is 0 Å². The average molecular weight is 269 g/mol. The van der Waals surface area contributed by atoms with Crippen LogP contribution in [-0.2, 0) is 14.3 Å². The first kappa shape index (κ1) is 14.8. The summed E-state index contributed by atoms with van der Waals surface area (Å²) in [7, 11) is 1.40. The molecule has 0 aromatic carbocycles. The summed E-state index contributed by atoms with van der Waals surface area (Å²) in [5, 5.41) is 0. The Morgan fingerprint density at radius 1 is 1.32 bits per heavy atom. The van der Waals surface area contributed by atoms with Crippen molar-refractivity contribution in [2.24, 2.45) is 23.5 Å². The minimum absolute atomic E-state index is 0.241. The van der Waals surface area contributed by atoms with Crippen LogP contribution in [0.3, 0.4) is 0 Å². The van der Waals surface area contributed by atoms with E-state index in [2.05, 4.69) is 6.92 Å². The van der Waals surface area contributed by atoms with Crippen molar-refractivity contribution in [3.05, 3.63) is 0 Å². The highest BCUT2D eigenvalue weighted by molar-refractivity contribution is 5.81. The van der Waals surface area contributed by atoms with Gasteiger partial charge < -0.3 is 15.2 Å². The first-order valence-corrected chi connectivity index (χ1v) is 7.51. The van der Waals surface area contributed by atoms with E-state index in [0.29, 0.717) is 12.5 Å². The Kier molecular flexibility index (Phi) is 4.85. The summed E-state index contributed by atoms with van der Waals surface area (Å²) in [5.41, 5.74) is 5.28. The van der Waals surface area contributed by atoms with Gasteiger partial charge in [0.2, 0.25) is 0 Å². The topological polar surface area (TPSA) is 61.5 Å². The van der Waals surface area contributed by atoms with Gasteiger partial charge in [0.1, 0.15) is 5.54 Å². The lowest BCUT2D eigenvalue weighted by Gasteiger charge is -2.29. The van der Waals surface area contributed by atoms with Gasteiger partial charge in [0, 0.05) is 6.61 Å². The maximum absolute atomic E-state index is 11.8. The van der Waals surface area contributed by atoms with Gasteiger partial charge in [-0.3, -0.25) is 0 Å². The highest BCUT2D eigenvalue weighted by Gasteiger charge is 2.49. The standard InChI is InChI=1S/C15H27NO3/c1-11-4-3-5-12(8-11)9-19-10-15(16,13-6-7-13)14(17)18-2/h11-13H,3-10,16H2,1-2H3. The second-order valence-corrected chi connectivity index (χ2v) is 6.46. The van der Waals surface area contributed by atoms with Crippen LogP contribution in [0.4, 0.5) is 0 Å². The predicted octanol–water partition coefficient (Wildman–Crippen LogP) is 2.11. The molecule has 0 heterocycles. The molecule has 0 saturated heterocycles. The van der Waals surface area contributed by atoms with Crippen LogP contribution in [0.2, 0.25) is 0 Å². The van der Waals surface area contributed by atoms with Crippen LogP contribution < -0.4 is 5.73 Å². The maximum Gasteiger partial charge on any atom is 0.328 e. The van der Waals surface area contributed by atoms with E-state index in [-0.39, 0.29) is 11.9 Å². The predicted molar refractivity (Wildman–Crippen MR) is 73.6 cm³/mol. The lowest BCUT2D eigenvalue weighted by molar-refractivity contribution is -0.151. The molecule has 3 atom stereocenters. The van der Waals surface area contributed by atoms with E-state index in [9.17, 15) is 4.79 Å². The van der Waals surface area contributed by atoms with E-state index in [4.69, 9.17) is 15.2 Å². The Morgan fingerprint density at radius 2 is 2.05 bits per heavy atom. The fraction of sp³-hybridized carbons (Fsp3) is 0.933. The SMILES string of the molecule is COC(=O)C(N)(COCC1CCCC(C)C1)C1CC1. The molecule has 0 aromatic heterocycles. The number of methoxy groups -OCH3 is 1. The van der Waals surface area contributed by atoms with Crippen molar-refractivity contribution < 1.29 is 14.3 Å². The van der Waals surface area contributed by atoms with Gasteiger partial charge in [0.05, 0.1) is 13.7 Å². The zero-order valence-corrected chi connectivity index (χ0v) is 12.2. The quantitative estimate of drug-likeness (QED) is 0.750. The summed E-state index contributed by atoms with van der Waals surface area (Å²) in [6, 6.07) is 0. The Balaban J connectivity index is 1.78. The van der Waals surface area contributed by atoms with E-state index < -0.39 is 5.54 Å². The summed E-state index contributed by atoms with van der Waals surface area (Å²) >= 11 is 0. The van der Waals surface area contributed by atoms with Gasteiger partial charge in [0.15, 0.2) is 0 Å². The molecule has 3 unspecified atom stereocenters. The smallest absolute Gasteiger partial charge is 0.328 e. The van der Waals surface area contributed by atoms with E-state index in [0.717, 1.165) is 25.4 Å². The largest absolute Gasteiger partial charge is 0.468 e. The maximum atomic E-state index is 11.8. The molecule has 0 spiro atoms. The molecular formula is C15H27NO3. The number of esters is 1. The van der Waals surface area contributed by atoms with Crippen molar-refractivity contribution in [3.63, 3.8) is 0 Å². The van der Waals surface area contributed by atoms with Gasteiger partial charge >= 0.3 is 5.97 Å². The van der Waals surface area contributed by atoms with Crippen molar-refractivity contribution in [1.29, 1.82) is 0 Å². The van der Waals surface area contributed by atoms with Crippen LogP contribution >= 0.6 is 0 Å². The summed E-state index contributed by atoms with van der Waals surface area (Å²) in [6.07, 6.45) is 7.12. The van der Waals surface area contributed by atoms with Gasteiger partial charge in [-0.25, -0.2) is 4.79 Å². The van der Waals surface area contributed by atoms with Gasteiger partial charge in [-0.15, -0.1) is 0 Å². The Hall–Kier alpha value is -0.610. The summed E-state index contributed by atoms with van der Waals surface area (Å²) < 4.78 is 10.6. The molecule has 2 saturated carbocycles. The minimum atomic E-state index is -0.922. The molecule has 0 radical (unpaired) electrons. The molecule has 110 valence electrons. The Labute approximate surface area is 116 Å². The highest BCUT2D eigenvalue weighted by Crippen LogP contribution is 2.39. The number of carbonyl (C=O) groups excluding carboxylic acids is 1. The molecule has 0 aromatic rings. The number of hydrogen-bond donors (Lipinski definition) is 1. The molecule has 0 bridgehead atoms. The normalized spacial score (nSPS) is 30.7. The molecule has 2 fully saturated rings. The third-order valence-corrected chi connectivity index (χ3v) is 4.61. The van der Waals surface area contributed by atoms with E-state index in [1.165, 1.54) is 32.8 Å². The lowest BCUT2D eigenvalue weighted by atomic mass is 9.83. The van der Waals surface area contributed by atoms with Crippen molar-refractivity contribution in [2.45, 2.75) is 51.0 Å². The second kappa shape index (κ2) is 6.23. The van der Waals surface area contributed by atoms with Crippen molar-refractivity contribution in [3.8, 4) is 0 Å². The van der Waals surface area contributed by atoms with Gasteiger partial charge in [-0.05, 0) is 43.4 Å². The summed E-state index contributed by atoms with van der Waals surface area (Å²) in [5.74, 6) is 1.34. The van der Waals surface area contributed by atoms with Crippen LogP contribution in [0, 0.1) is 17.8 Å². The zero-order chi connectivity index (χ0) is 13.9. The minimum Gasteiger partial charge on any atom is -0.468 e. The average Bonchev–Trinajstić information content (AvgIpc) is 3.22. The van der Waals surface area contributed by atoms with Crippen molar-refractivity contribution in [2.75, 3.05) is 20.3 Å². The number of rotatable bonds is 6. The number of carbonyl (C=O) groups is 1. The van der Waals surface area contributed by atoms with Crippen LogP contribution in [0.1, 0.15) is 45.4 Å². The van der Waals surface area contributed by atoms with E-state index in [1.807, 2.05) is 0 Å². The van der Waals surface area contributed by atoms with Crippen LogP contribution in [-0.4, -0.2) is 31.8 Å². The fourth-order valence-corrected chi connectivity index (χ4v) is 3.24. The van der Waals surface area contributed by atoms with Gasteiger partial charge in [-0.1, -0.05) is 19.8 Å². The van der Waals surface area contributed by atoms with Crippen LogP contribution in [0.25, 0.3) is 0 Å². The molecule has 0 aliphatic heterocycles. The summed E-state index contributed by atoms with van der Waals surface area (Å²) in [4.78, 5) is 11.8. The van der Waals surface area contributed by atoms with Gasteiger partial charge in [0.25, 0.3) is 0 Å². The van der Waals surface area contributed by atoms with Gasteiger partial charge in [-0.2, -0.15) is 0 Å². The first-order valence-electron chi connectivity index (χ1n) is 7.51. The highest BCUT2D eigenvalue weighted by atomic mass is 16.5. The Bertz CT molecular complexity index is 317. The molecule has 19 heavy (non-hydrogen) atoms. The molecule has 4 nitrogen and oxygen atoms in total. The van der Waals surface area contributed by atoms with E-state index >= 15 is 0 Å². The number of hydrogen-bond acceptors (Lipinski definition) is 4. The third-order valence-electron chi connectivity index (χ3n) is 4.61. The number of ether oxygens (including phenoxy) is 2. The molecule has 0 amide bonds. The molecular weight excluding hydrogens is 242 g/mol. The van der Waals surface area contributed by atoms with Crippen molar-refractivity contribution >= 4 is 5.97 Å². The number of nitrogens with two attached hydrogens (primary N) is 1. The summed E-state index contributed by atoms with van der Waals surface area (Å²) in [6.45, 7) is 3.33. The molecule has 2 rings (SSSR count). The monoisotopic (exact) mass is 269 g/mol. The third kappa shape index (κ3) is 3.69.